The molecule has 2 nitrogen and oxygen atoms in total. The molecule has 2 heteroatoms. The van der Waals surface area contributed by atoms with E-state index >= 15 is 0 Å². The summed E-state index contributed by atoms with van der Waals surface area (Å²) in [6.07, 6.45) is 1.91. The Labute approximate surface area is 89.6 Å². The monoisotopic (exact) mass is 202 g/mol. The van der Waals surface area contributed by atoms with E-state index < -0.39 is 0 Å². The van der Waals surface area contributed by atoms with Crippen molar-refractivity contribution in [2.24, 2.45) is 5.41 Å². The Morgan fingerprint density at radius 2 is 1.93 bits per heavy atom. The molecule has 0 unspecified atom stereocenters. The molecule has 1 aromatic rings. The predicted molar refractivity (Wildman–Crippen MR) is 59.2 cm³/mol. The van der Waals surface area contributed by atoms with Gasteiger partial charge in [-0.2, -0.15) is 0 Å². The second kappa shape index (κ2) is 3.54. The Balaban J connectivity index is 2.38. The second-order valence-corrected chi connectivity index (χ2v) is 4.43. The topological polar surface area (TPSA) is 26.3 Å². The third-order valence-corrected chi connectivity index (χ3v) is 2.62. The summed E-state index contributed by atoms with van der Waals surface area (Å²) in [6.45, 7) is 4.52. The highest BCUT2D eigenvalue weighted by Gasteiger charge is 2.37. The Hall–Kier alpha value is -1.57. The molecular weight excluding hydrogens is 188 g/mol. The van der Waals surface area contributed by atoms with Gasteiger partial charge in [-0.1, -0.05) is 44.2 Å². The number of rotatable bonds is 1. The van der Waals surface area contributed by atoms with Gasteiger partial charge in [-0.15, -0.1) is 0 Å². The molecule has 0 bridgehead atoms. The number of carbonyl (C=O) groups excluding carboxylic acids is 1. The van der Waals surface area contributed by atoms with Crippen LogP contribution < -0.4 is 0 Å². The smallest absolute Gasteiger partial charge is 0.334 e. The zero-order chi connectivity index (χ0) is 10.9. The summed E-state index contributed by atoms with van der Waals surface area (Å²) in [4.78, 5) is 11.5. The number of cyclic esters (lactones) is 1. The van der Waals surface area contributed by atoms with Crippen LogP contribution in [0, 0.1) is 5.41 Å². The summed E-state index contributed by atoms with van der Waals surface area (Å²) in [7, 11) is 0. The average Bonchev–Trinajstić information content (AvgIpc) is 2.47. The number of carbonyl (C=O) groups is 1. The molecule has 0 aromatic heterocycles. The van der Waals surface area contributed by atoms with Crippen LogP contribution in [0.3, 0.4) is 0 Å². The van der Waals surface area contributed by atoms with E-state index in [0.717, 1.165) is 11.1 Å². The van der Waals surface area contributed by atoms with Crippen molar-refractivity contribution in [2.75, 3.05) is 6.61 Å². The zero-order valence-corrected chi connectivity index (χ0v) is 8.99. The van der Waals surface area contributed by atoms with Gasteiger partial charge in [-0.05, 0) is 11.6 Å². The molecule has 1 saturated heterocycles. The standard InChI is InChI=1S/C13H14O2/c1-13(2)9-15-12(14)11(13)8-10-6-4-3-5-7-10/h3-8H,9H2,1-2H3/b11-8-. The largest absolute Gasteiger partial charge is 0.461 e. The highest BCUT2D eigenvalue weighted by molar-refractivity contribution is 5.97. The van der Waals surface area contributed by atoms with E-state index in [1.807, 2.05) is 50.3 Å². The summed E-state index contributed by atoms with van der Waals surface area (Å²) < 4.78 is 5.05. The molecule has 0 saturated carbocycles. The molecule has 1 aromatic carbocycles. The molecule has 1 heterocycles. The summed E-state index contributed by atoms with van der Waals surface area (Å²) in [5, 5.41) is 0. The van der Waals surface area contributed by atoms with Crippen LogP contribution in [0.5, 0.6) is 0 Å². The van der Waals surface area contributed by atoms with Crippen molar-refractivity contribution in [1.29, 1.82) is 0 Å². The van der Waals surface area contributed by atoms with Crippen LogP contribution >= 0.6 is 0 Å². The number of hydrogen-bond acceptors (Lipinski definition) is 2. The van der Waals surface area contributed by atoms with Crippen LogP contribution in [0.2, 0.25) is 0 Å². The van der Waals surface area contributed by atoms with E-state index in [2.05, 4.69) is 0 Å². The van der Waals surface area contributed by atoms with Gasteiger partial charge in [0.15, 0.2) is 0 Å². The SMILES string of the molecule is CC1(C)COC(=O)/C1=C/c1ccccc1. The van der Waals surface area contributed by atoms with E-state index in [-0.39, 0.29) is 11.4 Å². The first-order chi connectivity index (χ1) is 7.09. The molecular formula is C13H14O2. The van der Waals surface area contributed by atoms with E-state index in [1.54, 1.807) is 0 Å². The maximum Gasteiger partial charge on any atom is 0.334 e. The molecule has 0 aliphatic carbocycles. The molecule has 0 N–H and O–H groups in total. The zero-order valence-electron chi connectivity index (χ0n) is 8.99. The van der Waals surface area contributed by atoms with Crippen LogP contribution in [0.25, 0.3) is 6.08 Å². The Morgan fingerprint density at radius 3 is 2.47 bits per heavy atom. The lowest BCUT2D eigenvalue weighted by Crippen LogP contribution is -2.13. The molecule has 0 spiro atoms. The molecule has 1 aliphatic rings. The molecule has 1 aliphatic heterocycles. The third-order valence-electron chi connectivity index (χ3n) is 2.62. The van der Waals surface area contributed by atoms with Gasteiger partial charge in [0.05, 0.1) is 0 Å². The van der Waals surface area contributed by atoms with Gasteiger partial charge in [0.1, 0.15) is 6.61 Å². The summed E-state index contributed by atoms with van der Waals surface area (Å²) >= 11 is 0. The summed E-state index contributed by atoms with van der Waals surface area (Å²) in [5.41, 5.74) is 1.63. The fourth-order valence-corrected chi connectivity index (χ4v) is 1.65. The highest BCUT2D eigenvalue weighted by atomic mass is 16.5. The minimum absolute atomic E-state index is 0.174. The van der Waals surface area contributed by atoms with Crippen molar-refractivity contribution in [3.05, 3.63) is 41.5 Å². The van der Waals surface area contributed by atoms with Gasteiger partial charge in [0, 0.05) is 11.0 Å². The molecule has 15 heavy (non-hydrogen) atoms. The van der Waals surface area contributed by atoms with Gasteiger partial charge in [-0.3, -0.25) is 0 Å². The maximum atomic E-state index is 11.5. The maximum absolute atomic E-state index is 11.5. The van der Waals surface area contributed by atoms with E-state index in [4.69, 9.17) is 4.74 Å². The first-order valence-corrected chi connectivity index (χ1v) is 5.04. The Morgan fingerprint density at radius 1 is 1.27 bits per heavy atom. The average molecular weight is 202 g/mol. The van der Waals surface area contributed by atoms with Gasteiger partial charge >= 0.3 is 5.97 Å². The molecule has 0 amide bonds. The van der Waals surface area contributed by atoms with Crippen molar-refractivity contribution in [3.63, 3.8) is 0 Å². The van der Waals surface area contributed by atoms with Crippen molar-refractivity contribution in [2.45, 2.75) is 13.8 Å². The third kappa shape index (κ3) is 1.94. The number of benzene rings is 1. The van der Waals surface area contributed by atoms with Crippen LogP contribution in [0.4, 0.5) is 0 Å². The summed E-state index contributed by atoms with van der Waals surface area (Å²) in [5.74, 6) is -0.191. The first-order valence-electron chi connectivity index (χ1n) is 5.04. The van der Waals surface area contributed by atoms with Gasteiger partial charge in [0.2, 0.25) is 0 Å². The number of ether oxygens (including phenoxy) is 1. The molecule has 1 fully saturated rings. The summed E-state index contributed by atoms with van der Waals surface area (Å²) in [6, 6.07) is 9.84. The van der Waals surface area contributed by atoms with Gasteiger partial charge in [0.25, 0.3) is 0 Å². The highest BCUT2D eigenvalue weighted by Crippen LogP contribution is 2.34. The van der Waals surface area contributed by atoms with E-state index in [1.165, 1.54) is 0 Å². The first kappa shape index (κ1) is 9.97. The fourth-order valence-electron chi connectivity index (χ4n) is 1.65. The van der Waals surface area contributed by atoms with Crippen molar-refractivity contribution in [3.8, 4) is 0 Å². The lowest BCUT2D eigenvalue weighted by Gasteiger charge is -2.13. The van der Waals surface area contributed by atoms with Crippen molar-refractivity contribution in [1.82, 2.24) is 0 Å². The molecule has 78 valence electrons. The number of esters is 1. The van der Waals surface area contributed by atoms with Crippen LogP contribution in [-0.4, -0.2) is 12.6 Å². The van der Waals surface area contributed by atoms with Crippen LogP contribution in [-0.2, 0) is 9.53 Å². The lowest BCUT2D eigenvalue weighted by atomic mass is 9.86. The van der Waals surface area contributed by atoms with Crippen LogP contribution in [0.1, 0.15) is 19.4 Å². The van der Waals surface area contributed by atoms with E-state index in [0.29, 0.717) is 6.61 Å². The van der Waals surface area contributed by atoms with Gasteiger partial charge < -0.3 is 4.74 Å². The normalized spacial score (nSPS) is 21.7. The quantitative estimate of drug-likeness (QED) is 0.517. The molecule has 0 radical (unpaired) electrons. The van der Waals surface area contributed by atoms with Gasteiger partial charge in [-0.25, -0.2) is 4.79 Å². The lowest BCUT2D eigenvalue weighted by molar-refractivity contribution is -0.135. The molecule has 0 atom stereocenters. The van der Waals surface area contributed by atoms with Crippen LogP contribution in [0.15, 0.2) is 35.9 Å². The van der Waals surface area contributed by atoms with Crippen molar-refractivity contribution < 1.29 is 9.53 Å². The Kier molecular flexibility index (Phi) is 2.35. The predicted octanol–water partition coefficient (Wildman–Crippen LogP) is 2.65. The second-order valence-electron chi connectivity index (χ2n) is 4.43. The van der Waals surface area contributed by atoms with Crippen molar-refractivity contribution >= 4 is 12.0 Å². The minimum Gasteiger partial charge on any atom is -0.461 e. The minimum atomic E-state index is -0.191. The van der Waals surface area contributed by atoms with E-state index in [9.17, 15) is 4.79 Å². The number of hydrogen-bond donors (Lipinski definition) is 0. The molecule has 2 rings (SSSR count). The fraction of sp³-hybridized carbons (Fsp3) is 0.308. The Bertz CT molecular complexity index is 402.